The molecule has 0 radical (unpaired) electrons. The number of thiophene rings is 2. The van der Waals surface area contributed by atoms with Gasteiger partial charge in [0.2, 0.25) is 0 Å². The molecular weight excluding hydrogens is 497 g/mol. The second kappa shape index (κ2) is 7.25. The maximum atomic E-state index is 2.52. The van der Waals surface area contributed by atoms with Gasteiger partial charge in [-0.2, -0.15) is 0 Å². The van der Waals surface area contributed by atoms with Crippen molar-refractivity contribution in [3.63, 3.8) is 0 Å². The first-order valence-corrected chi connectivity index (χ1v) is 15.3. The monoisotopic (exact) mass is 526 g/mol. The standard InChI is InChI=1S/C36H30S2/c1-35(2,3)19-16-25-20-10-11-28-21(12-14-37-28)30(20)23-8-7-9-24-32(23)33(25)26(17-19)31-22-13-15-38-29(22)18-27(34(24)31)36(4,5)6/h7-18H,1-6H3. The molecule has 0 atom stereocenters. The average Bonchev–Trinajstić information content (AvgIpc) is 3.55. The van der Waals surface area contributed by atoms with Crippen molar-refractivity contribution in [2.24, 2.45) is 0 Å². The lowest BCUT2D eigenvalue weighted by Crippen LogP contribution is -2.13. The van der Waals surface area contributed by atoms with E-state index >= 15 is 0 Å². The van der Waals surface area contributed by atoms with E-state index in [0.29, 0.717) is 0 Å². The number of benzene rings is 6. The van der Waals surface area contributed by atoms with Crippen LogP contribution >= 0.6 is 22.7 Å². The minimum atomic E-state index is 0.0279. The molecule has 0 N–H and O–H groups in total. The van der Waals surface area contributed by atoms with E-state index in [-0.39, 0.29) is 10.8 Å². The van der Waals surface area contributed by atoms with E-state index in [1.807, 2.05) is 22.7 Å². The molecule has 6 aromatic carbocycles. The molecule has 38 heavy (non-hydrogen) atoms. The maximum absolute atomic E-state index is 2.52. The normalized spacial score (nSPS) is 13.5. The zero-order valence-corrected chi connectivity index (χ0v) is 24.4. The van der Waals surface area contributed by atoms with Crippen LogP contribution in [0.3, 0.4) is 0 Å². The molecule has 2 heteroatoms. The second-order valence-electron chi connectivity index (χ2n) is 13.0. The molecule has 0 saturated heterocycles. The van der Waals surface area contributed by atoms with Crippen LogP contribution in [0.5, 0.6) is 0 Å². The molecule has 0 aliphatic heterocycles. The molecule has 0 unspecified atom stereocenters. The highest BCUT2D eigenvalue weighted by molar-refractivity contribution is 7.17. The van der Waals surface area contributed by atoms with E-state index in [2.05, 4.69) is 113 Å². The van der Waals surface area contributed by atoms with Crippen LogP contribution in [0.15, 0.2) is 71.4 Å². The fourth-order valence-corrected chi connectivity index (χ4v) is 8.44. The summed E-state index contributed by atoms with van der Waals surface area (Å²) in [6, 6.07) is 23.9. The minimum Gasteiger partial charge on any atom is -0.144 e. The van der Waals surface area contributed by atoms with E-state index < -0.39 is 0 Å². The van der Waals surface area contributed by atoms with Gasteiger partial charge in [0.15, 0.2) is 0 Å². The molecule has 0 saturated carbocycles. The first-order chi connectivity index (χ1) is 18.1. The van der Waals surface area contributed by atoms with Gasteiger partial charge in [-0.05, 0) is 123 Å². The highest BCUT2D eigenvalue weighted by atomic mass is 32.1. The fraction of sp³-hybridized carbons (Fsp3) is 0.222. The predicted octanol–water partition coefficient (Wildman–Crippen LogP) is 11.9. The zero-order valence-electron chi connectivity index (χ0n) is 22.7. The summed E-state index contributed by atoms with van der Waals surface area (Å²) in [6.45, 7) is 14.2. The topological polar surface area (TPSA) is 0 Å². The van der Waals surface area contributed by atoms with Gasteiger partial charge >= 0.3 is 0 Å². The smallest absolute Gasteiger partial charge is 0.0352 e. The van der Waals surface area contributed by atoms with Gasteiger partial charge in [0.1, 0.15) is 0 Å². The van der Waals surface area contributed by atoms with Gasteiger partial charge in [-0.25, -0.2) is 0 Å². The summed E-state index contributed by atoms with van der Waals surface area (Å²) < 4.78 is 2.75. The van der Waals surface area contributed by atoms with Crippen molar-refractivity contribution >= 4 is 96.7 Å². The SMILES string of the molecule is CC(C)(C)c1cc2c3ccc4sccc4c3c3cccc4c5c(C(C)(C)C)cc6sccc6c5c(c1)c2c43. The van der Waals surface area contributed by atoms with Crippen molar-refractivity contribution in [1.29, 1.82) is 0 Å². The van der Waals surface area contributed by atoms with Crippen molar-refractivity contribution in [2.75, 3.05) is 0 Å². The lowest BCUT2D eigenvalue weighted by atomic mass is 9.76. The summed E-state index contributed by atoms with van der Waals surface area (Å²) in [7, 11) is 0. The molecule has 186 valence electrons. The molecule has 0 spiro atoms. The molecule has 0 nitrogen and oxygen atoms in total. The van der Waals surface area contributed by atoms with E-state index in [4.69, 9.17) is 0 Å². The molecule has 2 heterocycles. The summed E-state index contributed by atoms with van der Waals surface area (Å²) in [5, 5.41) is 21.4. The summed E-state index contributed by atoms with van der Waals surface area (Å²) in [5.74, 6) is 0. The lowest BCUT2D eigenvalue weighted by molar-refractivity contribution is 0.591. The Hall–Kier alpha value is -3.20. The van der Waals surface area contributed by atoms with Gasteiger partial charge in [-0.3, -0.25) is 0 Å². The predicted molar refractivity (Wildman–Crippen MR) is 173 cm³/mol. The summed E-state index contributed by atoms with van der Waals surface area (Å²) >= 11 is 3.71. The van der Waals surface area contributed by atoms with Crippen molar-refractivity contribution in [1.82, 2.24) is 0 Å². The molecule has 0 amide bonds. The Kier molecular flexibility index (Phi) is 4.34. The quantitative estimate of drug-likeness (QED) is 0.136. The van der Waals surface area contributed by atoms with Crippen LogP contribution in [-0.4, -0.2) is 0 Å². The van der Waals surface area contributed by atoms with Crippen molar-refractivity contribution in [2.45, 2.75) is 52.4 Å². The second-order valence-corrected chi connectivity index (χ2v) is 14.9. The first kappa shape index (κ1) is 22.8. The lowest BCUT2D eigenvalue weighted by Gasteiger charge is -2.27. The number of fused-ring (bicyclic) bond motifs is 10. The highest BCUT2D eigenvalue weighted by Crippen LogP contribution is 2.51. The van der Waals surface area contributed by atoms with Gasteiger partial charge in [0.25, 0.3) is 0 Å². The third-order valence-electron chi connectivity index (χ3n) is 8.62. The van der Waals surface area contributed by atoms with Crippen LogP contribution in [0.2, 0.25) is 0 Å². The Morgan fingerprint density at radius 1 is 0.447 bits per heavy atom. The zero-order chi connectivity index (χ0) is 26.1. The van der Waals surface area contributed by atoms with E-state index in [1.54, 1.807) is 0 Å². The number of hydrogen-bond acceptors (Lipinski definition) is 2. The maximum Gasteiger partial charge on any atom is 0.0352 e. The van der Waals surface area contributed by atoms with Crippen LogP contribution in [0.1, 0.15) is 52.7 Å². The van der Waals surface area contributed by atoms with Crippen LogP contribution < -0.4 is 0 Å². The molecule has 2 aromatic heterocycles. The Bertz CT molecular complexity index is 2240. The molecule has 0 aliphatic rings. The Balaban J connectivity index is 1.82. The van der Waals surface area contributed by atoms with Crippen LogP contribution in [-0.2, 0) is 10.8 Å². The van der Waals surface area contributed by atoms with Gasteiger partial charge < -0.3 is 0 Å². The highest BCUT2D eigenvalue weighted by Gasteiger charge is 2.27. The minimum absolute atomic E-state index is 0.0279. The summed E-state index contributed by atoms with van der Waals surface area (Å²) in [6.07, 6.45) is 0. The molecule has 0 aliphatic carbocycles. The van der Waals surface area contributed by atoms with Crippen LogP contribution in [0.25, 0.3) is 74.0 Å². The Morgan fingerprint density at radius 3 is 1.76 bits per heavy atom. The van der Waals surface area contributed by atoms with E-state index in [1.165, 1.54) is 85.2 Å². The van der Waals surface area contributed by atoms with Gasteiger partial charge in [0, 0.05) is 20.2 Å². The number of hydrogen-bond donors (Lipinski definition) is 0. The molecule has 8 aromatic rings. The first-order valence-electron chi connectivity index (χ1n) is 13.5. The largest absolute Gasteiger partial charge is 0.144 e. The van der Waals surface area contributed by atoms with Crippen molar-refractivity contribution < 1.29 is 0 Å². The molecule has 0 bridgehead atoms. The van der Waals surface area contributed by atoms with Gasteiger partial charge in [0.05, 0.1) is 0 Å². The van der Waals surface area contributed by atoms with Crippen LogP contribution in [0.4, 0.5) is 0 Å². The third kappa shape index (κ3) is 2.85. The average molecular weight is 527 g/mol. The van der Waals surface area contributed by atoms with E-state index in [0.717, 1.165) is 0 Å². The van der Waals surface area contributed by atoms with Crippen LogP contribution in [0, 0.1) is 0 Å². The van der Waals surface area contributed by atoms with Gasteiger partial charge in [-0.15, -0.1) is 22.7 Å². The fourth-order valence-electron chi connectivity index (χ4n) is 6.81. The van der Waals surface area contributed by atoms with E-state index in [9.17, 15) is 0 Å². The van der Waals surface area contributed by atoms with Crippen molar-refractivity contribution in [3.05, 3.63) is 82.6 Å². The summed E-state index contributed by atoms with van der Waals surface area (Å²) in [4.78, 5) is 0. The Morgan fingerprint density at radius 2 is 1.05 bits per heavy atom. The summed E-state index contributed by atoms with van der Waals surface area (Å²) in [5.41, 5.74) is 2.93. The van der Waals surface area contributed by atoms with Gasteiger partial charge in [-0.1, -0.05) is 65.8 Å². The Labute approximate surface area is 230 Å². The molecule has 0 fully saturated rings. The number of rotatable bonds is 0. The third-order valence-corrected chi connectivity index (χ3v) is 10.4. The molecular formula is C36H30S2. The molecule has 8 rings (SSSR count). The van der Waals surface area contributed by atoms with Crippen molar-refractivity contribution in [3.8, 4) is 0 Å².